The maximum absolute atomic E-state index is 12.4. The molecule has 7 nitrogen and oxygen atoms in total. The Kier molecular flexibility index (Phi) is 7.25. The number of benzene rings is 1. The number of amides is 2. The van der Waals surface area contributed by atoms with E-state index in [-0.39, 0.29) is 12.3 Å². The van der Waals surface area contributed by atoms with Crippen molar-refractivity contribution < 1.29 is 32.3 Å². The molecular formula is C20H24F3N3O4. The normalized spacial score (nSPS) is 16.7. The van der Waals surface area contributed by atoms with Gasteiger partial charge in [0, 0.05) is 31.6 Å². The third-order valence-corrected chi connectivity index (χ3v) is 4.80. The number of carbonyl (C=O) groups is 3. The van der Waals surface area contributed by atoms with Gasteiger partial charge in [-0.1, -0.05) is 44.2 Å². The molecule has 2 amide bonds. The van der Waals surface area contributed by atoms with Crippen LogP contribution in [0.1, 0.15) is 37.8 Å². The number of ether oxygens (including phenoxy) is 1. The largest absolute Gasteiger partial charge is 0.491 e. The van der Waals surface area contributed by atoms with Crippen molar-refractivity contribution in [1.29, 1.82) is 0 Å². The monoisotopic (exact) mass is 427 g/mol. The number of nitrogens with one attached hydrogen (secondary N) is 1. The molecule has 1 aliphatic rings. The van der Waals surface area contributed by atoms with Gasteiger partial charge in [-0.2, -0.15) is 13.2 Å². The van der Waals surface area contributed by atoms with Crippen LogP contribution in [0.5, 0.6) is 0 Å². The van der Waals surface area contributed by atoms with Crippen LogP contribution in [0.25, 0.3) is 0 Å². The Balaban J connectivity index is 1.99. The topological polar surface area (TPSA) is 102 Å². The Hall–Kier alpha value is -2.88. The van der Waals surface area contributed by atoms with Gasteiger partial charge >= 0.3 is 12.1 Å². The zero-order valence-electron chi connectivity index (χ0n) is 16.7. The van der Waals surface area contributed by atoms with Gasteiger partial charge in [0.25, 0.3) is 5.91 Å². The molecule has 1 aromatic rings. The van der Waals surface area contributed by atoms with Crippen LogP contribution in [-0.4, -0.2) is 40.6 Å². The summed E-state index contributed by atoms with van der Waals surface area (Å²) in [6, 6.07) is 6.98. The number of nitrogens with zero attached hydrogens (tertiary/aromatic N) is 1. The van der Waals surface area contributed by atoms with Crippen LogP contribution in [0.4, 0.5) is 13.2 Å². The summed E-state index contributed by atoms with van der Waals surface area (Å²) in [5.41, 5.74) is 5.23. The van der Waals surface area contributed by atoms with Gasteiger partial charge in [-0.25, -0.2) is 4.79 Å². The molecule has 0 aliphatic carbocycles. The summed E-state index contributed by atoms with van der Waals surface area (Å²) in [6.07, 6.45) is -2.57. The van der Waals surface area contributed by atoms with Crippen molar-refractivity contribution in [1.82, 2.24) is 10.2 Å². The SMILES string of the molecule is CC[C@@H](/C=C/C(=O)N1Cc2ccccc2C1)NC(=O)[C@](N)(CC)OC(=O)C(F)(F)F. The number of halogens is 3. The number of hydrogen-bond donors (Lipinski definition) is 2. The quantitative estimate of drug-likeness (QED) is 0.395. The van der Waals surface area contributed by atoms with Gasteiger partial charge in [-0.3, -0.25) is 15.3 Å². The molecule has 0 bridgehead atoms. The summed E-state index contributed by atoms with van der Waals surface area (Å²) < 4.78 is 41.6. The Morgan fingerprint density at radius 1 is 1.20 bits per heavy atom. The van der Waals surface area contributed by atoms with E-state index in [9.17, 15) is 27.6 Å². The fourth-order valence-electron chi connectivity index (χ4n) is 2.87. The van der Waals surface area contributed by atoms with Gasteiger partial charge in [0.15, 0.2) is 0 Å². The van der Waals surface area contributed by atoms with Gasteiger partial charge in [0.05, 0.1) is 0 Å². The predicted molar refractivity (Wildman–Crippen MR) is 101 cm³/mol. The van der Waals surface area contributed by atoms with E-state index >= 15 is 0 Å². The minimum Gasteiger partial charge on any atom is -0.428 e. The summed E-state index contributed by atoms with van der Waals surface area (Å²) >= 11 is 0. The molecule has 1 heterocycles. The number of rotatable bonds is 7. The Bertz CT molecular complexity index is 816. The lowest BCUT2D eigenvalue weighted by atomic mass is 10.1. The van der Waals surface area contributed by atoms with Crippen LogP contribution >= 0.6 is 0 Å². The van der Waals surface area contributed by atoms with Crippen molar-refractivity contribution in [2.24, 2.45) is 5.73 Å². The second-order valence-electron chi connectivity index (χ2n) is 6.94. The van der Waals surface area contributed by atoms with Gasteiger partial charge in [0.1, 0.15) is 0 Å². The molecule has 3 N–H and O–H groups in total. The second-order valence-corrected chi connectivity index (χ2v) is 6.94. The number of esters is 1. The lowest BCUT2D eigenvalue weighted by Crippen LogP contribution is -2.59. The lowest BCUT2D eigenvalue weighted by molar-refractivity contribution is -0.214. The van der Waals surface area contributed by atoms with Gasteiger partial charge in [-0.05, 0) is 17.5 Å². The molecular weight excluding hydrogens is 403 g/mol. The summed E-state index contributed by atoms with van der Waals surface area (Å²) in [5, 5.41) is 2.41. The molecule has 164 valence electrons. The van der Waals surface area contributed by atoms with E-state index in [2.05, 4.69) is 10.1 Å². The van der Waals surface area contributed by atoms with E-state index in [1.54, 1.807) is 11.8 Å². The van der Waals surface area contributed by atoms with Crippen molar-refractivity contribution in [3.05, 3.63) is 47.5 Å². The third-order valence-electron chi connectivity index (χ3n) is 4.80. The number of carbonyl (C=O) groups excluding carboxylic acids is 3. The van der Waals surface area contributed by atoms with Crippen LogP contribution in [-0.2, 0) is 32.2 Å². The highest BCUT2D eigenvalue weighted by molar-refractivity contribution is 5.90. The smallest absolute Gasteiger partial charge is 0.428 e. The average molecular weight is 427 g/mol. The molecule has 10 heteroatoms. The second kappa shape index (κ2) is 9.29. The van der Waals surface area contributed by atoms with E-state index in [1.165, 1.54) is 19.1 Å². The van der Waals surface area contributed by atoms with Crippen molar-refractivity contribution >= 4 is 17.8 Å². The average Bonchev–Trinajstić information content (AvgIpc) is 3.14. The number of nitrogens with two attached hydrogens (primary N) is 1. The maximum atomic E-state index is 12.4. The number of fused-ring (bicyclic) bond motifs is 1. The van der Waals surface area contributed by atoms with Crippen LogP contribution in [0, 0.1) is 0 Å². The number of hydrogen-bond acceptors (Lipinski definition) is 5. The minimum atomic E-state index is -5.27. The fourth-order valence-corrected chi connectivity index (χ4v) is 2.87. The first kappa shape index (κ1) is 23.4. The molecule has 0 aromatic heterocycles. The maximum Gasteiger partial charge on any atom is 0.491 e. The summed E-state index contributed by atoms with van der Waals surface area (Å²) in [5.74, 6) is -3.90. The molecule has 0 saturated heterocycles. The van der Waals surface area contributed by atoms with Crippen LogP contribution in [0.15, 0.2) is 36.4 Å². The number of alkyl halides is 3. The van der Waals surface area contributed by atoms with Gasteiger partial charge in [-0.15, -0.1) is 0 Å². The Labute approximate surface area is 172 Å². The van der Waals surface area contributed by atoms with Crippen LogP contribution in [0.3, 0.4) is 0 Å². The first-order valence-electron chi connectivity index (χ1n) is 9.44. The van der Waals surface area contributed by atoms with Gasteiger partial charge in [0.2, 0.25) is 11.6 Å². The first-order chi connectivity index (χ1) is 14.0. The summed E-state index contributed by atoms with van der Waals surface area (Å²) in [6.45, 7) is 3.96. The van der Waals surface area contributed by atoms with Crippen molar-refractivity contribution in [2.75, 3.05) is 0 Å². The lowest BCUT2D eigenvalue weighted by Gasteiger charge is -2.28. The standard InChI is InChI=1S/C20H24F3N3O4/c1-3-15(25-17(28)19(24,4-2)30-18(29)20(21,22)23)9-10-16(27)26-11-13-7-5-6-8-14(13)12-26/h5-10,15H,3-4,11-12,24H2,1-2H3,(H,25,28)/b10-9+/t15-,19-/m0/s1. The molecule has 30 heavy (non-hydrogen) atoms. The van der Waals surface area contributed by atoms with Crippen LogP contribution < -0.4 is 11.1 Å². The third kappa shape index (κ3) is 5.59. The molecule has 0 radical (unpaired) electrons. The Morgan fingerprint density at radius 3 is 2.23 bits per heavy atom. The van der Waals surface area contributed by atoms with E-state index in [0.29, 0.717) is 19.5 Å². The minimum absolute atomic E-state index is 0.267. The van der Waals surface area contributed by atoms with E-state index in [0.717, 1.165) is 11.1 Å². The van der Waals surface area contributed by atoms with E-state index in [4.69, 9.17) is 5.73 Å². The van der Waals surface area contributed by atoms with Crippen molar-refractivity contribution in [2.45, 2.75) is 57.7 Å². The first-order valence-corrected chi connectivity index (χ1v) is 9.44. The highest BCUT2D eigenvalue weighted by atomic mass is 19.4. The highest BCUT2D eigenvalue weighted by Crippen LogP contribution is 2.23. The molecule has 1 aromatic carbocycles. The summed E-state index contributed by atoms with van der Waals surface area (Å²) in [4.78, 5) is 37.5. The molecule has 2 atom stereocenters. The Morgan fingerprint density at radius 2 is 1.77 bits per heavy atom. The molecule has 2 rings (SSSR count). The van der Waals surface area contributed by atoms with E-state index in [1.807, 2.05) is 24.3 Å². The zero-order chi connectivity index (χ0) is 22.5. The van der Waals surface area contributed by atoms with Crippen molar-refractivity contribution in [3.8, 4) is 0 Å². The molecule has 0 spiro atoms. The molecule has 0 saturated carbocycles. The van der Waals surface area contributed by atoms with E-state index < -0.39 is 29.8 Å². The van der Waals surface area contributed by atoms with Crippen LogP contribution in [0.2, 0.25) is 0 Å². The molecule has 0 unspecified atom stereocenters. The predicted octanol–water partition coefficient (Wildman–Crippen LogP) is 2.15. The fraction of sp³-hybridized carbons (Fsp3) is 0.450. The van der Waals surface area contributed by atoms with Gasteiger partial charge < -0.3 is 15.0 Å². The highest BCUT2D eigenvalue weighted by Gasteiger charge is 2.47. The van der Waals surface area contributed by atoms with Crippen molar-refractivity contribution in [3.63, 3.8) is 0 Å². The molecule has 0 fully saturated rings. The molecule has 1 aliphatic heterocycles. The zero-order valence-corrected chi connectivity index (χ0v) is 16.7. The summed E-state index contributed by atoms with van der Waals surface area (Å²) in [7, 11) is 0.